The third-order valence-corrected chi connectivity index (χ3v) is 7.18. The summed E-state index contributed by atoms with van der Waals surface area (Å²) in [6.07, 6.45) is 2.92. The van der Waals surface area contributed by atoms with Gasteiger partial charge in [-0.3, -0.25) is 9.59 Å². The number of hydrogen-bond donors (Lipinski definition) is 0. The molecular formula is C28H29ClFN5O2. The van der Waals surface area contributed by atoms with Gasteiger partial charge in [0.1, 0.15) is 12.4 Å². The van der Waals surface area contributed by atoms with Gasteiger partial charge in [0.2, 0.25) is 5.91 Å². The number of benzene rings is 2. The third kappa shape index (κ3) is 6.25. The summed E-state index contributed by atoms with van der Waals surface area (Å²) in [5.74, 6) is 0.499. The van der Waals surface area contributed by atoms with Gasteiger partial charge in [-0.1, -0.05) is 29.8 Å². The van der Waals surface area contributed by atoms with Crippen LogP contribution in [0.4, 0.5) is 10.2 Å². The first-order chi connectivity index (χ1) is 18.0. The lowest BCUT2D eigenvalue weighted by Gasteiger charge is -2.27. The first kappa shape index (κ1) is 25.1. The van der Waals surface area contributed by atoms with Gasteiger partial charge >= 0.3 is 0 Å². The smallest absolute Gasteiger partial charge is 0.254 e. The molecule has 2 aromatic carbocycles. The van der Waals surface area contributed by atoms with E-state index in [-0.39, 0.29) is 18.4 Å². The van der Waals surface area contributed by atoms with Crippen molar-refractivity contribution >= 4 is 29.2 Å². The Morgan fingerprint density at radius 3 is 2.43 bits per heavy atom. The molecule has 0 N–H and O–H groups in total. The van der Waals surface area contributed by atoms with Gasteiger partial charge < -0.3 is 14.7 Å². The van der Waals surface area contributed by atoms with Crippen LogP contribution < -0.4 is 4.90 Å². The van der Waals surface area contributed by atoms with Gasteiger partial charge in [-0.25, -0.2) is 4.39 Å². The van der Waals surface area contributed by atoms with Crippen LogP contribution in [0.15, 0.2) is 60.7 Å². The van der Waals surface area contributed by atoms with Gasteiger partial charge in [-0.15, -0.1) is 10.2 Å². The second-order valence-corrected chi connectivity index (χ2v) is 10.0. The van der Waals surface area contributed by atoms with Crippen LogP contribution in [0.3, 0.4) is 0 Å². The van der Waals surface area contributed by atoms with E-state index in [1.165, 1.54) is 24.3 Å². The van der Waals surface area contributed by atoms with Gasteiger partial charge in [0.25, 0.3) is 5.91 Å². The summed E-state index contributed by atoms with van der Waals surface area (Å²) in [5, 5.41) is 9.42. The molecule has 0 bridgehead atoms. The molecule has 0 spiro atoms. The van der Waals surface area contributed by atoms with E-state index in [2.05, 4.69) is 15.1 Å². The minimum absolute atomic E-state index is 0.0268. The number of nitrogens with zero attached hydrogens (tertiary/aromatic N) is 5. The second-order valence-electron chi connectivity index (χ2n) is 9.61. The Labute approximate surface area is 220 Å². The molecule has 1 saturated heterocycles. The van der Waals surface area contributed by atoms with Crippen LogP contribution in [-0.4, -0.2) is 71.1 Å². The number of aromatic nitrogens is 2. The van der Waals surface area contributed by atoms with E-state index in [4.69, 9.17) is 11.6 Å². The van der Waals surface area contributed by atoms with Crippen LogP contribution in [-0.2, 0) is 4.79 Å². The van der Waals surface area contributed by atoms with Gasteiger partial charge in [-0.05, 0) is 67.6 Å². The van der Waals surface area contributed by atoms with E-state index < -0.39 is 5.82 Å². The Balaban J connectivity index is 1.21. The molecule has 2 aliphatic rings. The first-order valence-electron chi connectivity index (χ1n) is 12.6. The van der Waals surface area contributed by atoms with Crippen LogP contribution >= 0.6 is 11.6 Å². The molecule has 192 valence electrons. The predicted octanol–water partition coefficient (Wildman–Crippen LogP) is 4.53. The summed E-state index contributed by atoms with van der Waals surface area (Å²) in [7, 11) is 0. The van der Waals surface area contributed by atoms with E-state index in [1.807, 2.05) is 41.3 Å². The van der Waals surface area contributed by atoms with E-state index in [0.29, 0.717) is 48.4 Å². The zero-order valence-corrected chi connectivity index (χ0v) is 21.3. The van der Waals surface area contributed by atoms with Crippen molar-refractivity contribution in [2.24, 2.45) is 5.92 Å². The monoisotopic (exact) mass is 521 g/mol. The van der Waals surface area contributed by atoms with Crippen LogP contribution in [0.25, 0.3) is 11.3 Å². The molecule has 1 aliphatic heterocycles. The molecule has 9 heteroatoms. The molecule has 1 saturated carbocycles. The predicted molar refractivity (Wildman–Crippen MR) is 141 cm³/mol. The molecule has 1 aromatic heterocycles. The van der Waals surface area contributed by atoms with Crippen molar-refractivity contribution in [1.82, 2.24) is 20.0 Å². The van der Waals surface area contributed by atoms with Gasteiger partial charge in [0.05, 0.1) is 10.7 Å². The zero-order valence-electron chi connectivity index (χ0n) is 20.5. The van der Waals surface area contributed by atoms with Gasteiger partial charge in [-0.2, -0.15) is 0 Å². The SMILES string of the molecule is O=C(CN(CC1CC1)C(=O)c1ccc(F)cc1)N1CCCN(c2ccc(-c3ccccc3Cl)nn2)CC1. The fourth-order valence-electron chi connectivity index (χ4n) is 4.57. The van der Waals surface area contributed by atoms with E-state index >= 15 is 0 Å². The van der Waals surface area contributed by atoms with E-state index in [9.17, 15) is 14.0 Å². The summed E-state index contributed by atoms with van der Waals surface area (Å²) in [6.45, 7) is 3.11. The molecule has 3 aromatic rings. The Morgan fingerprint density at radius 2 is 1.73 bits per heavy atom. The standard InChI is InChI=1S/C28H29ClFN5O2/c29-24-5-2-1-4-23(24)25-12-13-26(32-31-25)33-14-3-15-34(17-16-33)27(36)19-35(18-20-6-7-20)28(37)21-8-10-22(30)11-9-21/h1-2,4-5,8-13,20H,3,6-7,14-19H2. The minimum atomic E-state index is -0.390. The third-order valence-electron chi connectivity index (χ3n) is 6.85. The van der Waals surface area contributed by atoms with E-state index in [1.54, 1.807) is 4.90 Å². The minimum Gasteiger partial charge on any atom is -0.353 e. The molecule has 2 amide bonds. The summed E-state index contributed by atoms with van der Waals surface area (Å²) in [6, 6.07) is 16.9. The summed E-state index contributed by atoms with van der Waals surface area (Å²) in [4.78, 5) is 31.9. The van der Waals surface area contributed by atoms with Crippen molar-refractivity contribution < 1.29 is 14.0 Å². The molecule has 7 nitrogen and oxygen atoms in total. The maximum Gasteiger partial charge on any atom is 0.254 e. The van der Waals surface area contributed by atoms with Crippen LogP contribution in [0, 0.1) is 11.7 Å². The number of carbonyl (C=O) groups excluding carboxylic acids is 2. The maximum atomic E-state index is 13.3. The molecule has 0 radical (unpaired) electrons. The molecule has 0 atom stereocenters. The number of hydrogen-bond acceptors (Lipinski definition) is 5. The topological polar surface area (TPSA) is 69.6 Å². The fraction of sp³-hybridized carbons (Fsp3) is 0.357. The lowest BCUT2D eigenvalue weighted by atomic mass is 10.1. The van der Waals surface area contributed by atoms with Gasteiger partial charge in [0.15, 0.2) is 5.82 Å². The Hall–Kier alpha value is -3.52. The van der Waals surface area contributed by atoms with Crippen molar-refractivity contribution in [2.75, 3.05) is 44.2 Å². The quantitative estimate of drug-likeness (QED) is 0.457. The highest BCUT2D eigenvalue weighted by Crippen LogP contribution is 2.30. The largest absolute Gasteiger partial charge is 0.353 e. The highest BCUT2D eigenvalue weighted by Gasteiger charge is 2.30. The highest BCUT2D eigenvalue weighted by atomic mass is 35.5. The summed E-state index contributed by atoms with van der Waals surface area (Å²) >= 11 is 6.29. The molecule has 5 rings (SSSR count). The van der Waals surface area contributed by atoms with Crippen molar-refractivity contribution in [3.05, 3.63) is 77.1 Å². The second kappa shape index (κ2) is 11.3. The lowest BCUT2D eigenvalue weighted by Crippen LogP contribution is -2.45. The molecule has 0 unspecified atom stereocenters. The molecule has 1 aliphatic carbocycles. The average Bonchev–Trinajstić information content (AvgIpc) is 3.76. The Bertz CT molecular complexity index is 1250. The summed E-state index contributed by atoms with van der Waals surface area (Å²) in [5.41, 5.74) is 1.94. The fourth-order valence-corrected chi connectivity index (χ4v) is 4.80. The van der Waals surface area contributed by atoms with Crippen molar-refractivity contribution in [1.29, 1.82) is 0 Å². The highest BCUT2D eigenvalue weighted by molar-refractivity contribution is 6.33. The maximum absolute atomic E-state index is 13.3. The van der Waals surface area contributed by atoms with Crippen LogP contribution in [0.5, 0.6) is 0 Å². The van der Waals surface area contributed by atoms with Crippen molar-refractivity contribution in [3.8, 4) is 11.3 Å². The Kier molecular flexibility index (Phi) is 7.65. The molecular weight excluding hydrogens is 493 g/mol. The number of carbonyl (C=O) groups is 2. The number of amides is 2. The summed E-state index contributed by atoms with van der Waals surface area (Å²) < 4.78 is 13.3. The lowest BCUT2D eigenvalue weighted by molar-refractivity contribution is -0.131. The zero-order chi connectivity index (χ0) is 25.8. The normalized spacial score (nSPS) is 15.8. The first-order valence-corrected chi connectivity index (χ1v) is 13.0. The van der Waals surface area contributed by atoms with Crippen molar-refractivity contribution in [2.45, 2.75) is 19.3 Å². The Morgan fingerprint density at radius 1 is 0.946 bits per heavy atom. The molecule has 2 fully saturated rings. The number of rotatable bonds is 7. The molecule has 2 heterocycles. The number of halogens is 2. The van der Waals surface area contributed by atoms with Gasteiger partial charge in [0, 0.05) is 43.9 Å². The van der Waals surface area contributed by atoms with E-state index in [0.717, 1.165) is 37.2 Å². The average molecular weight is 522 g/mol. The molecule has 37 heavy (non-hydrogen) atoms. The van der Waals surface area contributed by atoms with Crippen LogP contribution in [0.1, 0.15) is 29.6 Å². The number of anilines is 1. The van der Waals surface area contributed by atoms with Crippen molar-refractivity contribution in [3.63, 3.8) is 0 Å². The van der Waals surface area contributed by atoms with Crippen LogP contribution in [0.2, 0.25) is 5.02 Å².